The molecule has 0 saturated heterocycles. The molecule has 20 heavy (non-hydrogen) atoms. The molecule has 1 heterocycles. The van der Waals surface area contributed by atoms with E-state index in [1.807, 2.05) is 51.0 Å². The Kier molecular flexibility index (Phi) is 4.45. The molecule has 0 saturated carbocycles. The van der Waals surface area contributed by atoms with Gasteiger partial charge >= 0.3 is 0 Å². The van der Waals surface area contributed by atoms with Crippen molar-refractivity contribution in [1.82, 2.24) is 15.1 Å². The predicted octanol–water partition coefficient (Wildman–Crippen LogP) is 2.82. The van der Waals surface area contributed by atoms with Gasteiger partial charge in [0.05, 0.1) is 18.3 Å². The van der Waals surface area contributed by atoms with Gasteiger partial charge in [-0.2, -0.15) is 5.10 Å². The number of benzene rings is 1. The van der Waals surface area contributed by atoms with Crippen molar-refractivity contribution in [2.24, 2.45) is 7.05 Å². The Balaban J connectivity index is 2.34. The van der Waals surface area contributed by atoms with E-state index >= 15 is 0 Å². The highest BCUT2D eigenvalue weighted by Crippen LogP contribution is 2.27. The molecule has 4 heteroatoms. The molecule has 108 valence electrons. The summed E-state index contributed by atoms with van der Waals surface area (Å²) in [5, 5.41) is 7.69. The van der Waals surface area contributed by atoms with Gasteiger partial charge in [-0.05, 0) is 45.5 Å². The van der Waals surface area contributed by atoms with Crippen LogP contribution in [0, 0.1) is 6.92 Å². The van der Waals surface area contributed by atoms with Crippen LogP contribution in [-0.2, 0) is 7.05 Å². The Morgan fingerprint density at radius 2 is 2.05 bits per heavy atom. The average Bonchev–Trinajstić information content (AvgIpc) is 2.72. The van der Waals surface area contributed by atoms with Gasteiger partial charge in [0.1, 0.15) is 5.75 Å². The zero-order valence-corrected chi connectivity index (χ0v) is 12.8. The number of hydrogen-bond donors (Lipinski definition) is 1. The van der Waals surface area contributed by atoms with Gasteiger partial charge in [-0.25, -0.2) is 0 Å². The van der Waals surface area contributed by atoms with Crippen molar-refractivity contribution in [2.45, 2.75) is 32.9 Å². The van der Waals surface area contributed by atoms with E-state index in [-0.39, 0.29) is 12.1 Å². The first-order valence-electron chi connectivity index (χ1n) is 6.95. The third kappa shape index (κ3) is 3.02. The minimum atomic E-state index is 0.124. The van der Waals surface area contributed by atoms with Crippen molar-refractivity contribution in [1.29, 1.82) is 0 Å². The second kappa shape index (κ2) is 6.09. The number of nitrogens with one attached hydrogen (secondary N) is 1. The molecule has 0 spiro atoms. The van der Waals surface area contributed by atoms with Gasteiger partial charge in [-0.1, -0.05) is 12.1 Å². The summed E-state index contributed by atoms with van der Waals surface area (Å²) in [6, 6.07) is 8.35. The van der Waals surface area contributed by atoms with Crippen molar-refractivity contribution in [3.63, 3.8) is 0 Å². The van der Waals surface area contributed by atoms with Gasteiger partial charge in [0.15, 0.2) is 0 Å². The highest BCUT2D eigenvalue weighted by atomic mass is 16.5. The maximum atomic E-state index is 5.77. The SMILES string of the molecule is CNC(c1cccc(OC(C)C)c1)c1cnn(C)c1C. The number of ether oxygens (including phenoxy) is 1. The summed E-state index contributed by atoms with van der Waals surface area (Å²) >= 11 is 0. The molecule has 1 unspecified atom stereocenters. The van der Waals surface area contributed by atoms with Crippen LogP contribution in [0.1, 0.15) is 36.7 Å². The Morgan fingerprint density at radius 3 is 2.60 bits per heavy atom. The van der Waals surface area contributed by atoms with Gasteiger partial charge < -0.3 is 10.1 Å². The summed E-state index contributed by atoms with van der Waals surface area (Å²) < 4.78 is 7.67. The summed E-state index contributed by atoms with van der Waals surface area (Å²) in [4.78, 5) is 0. The van der Waals surface area contributed by atoms with Gasteiger partial charge in [0.25, 0.3) is 0 Å². The minimum absolute atomic E-state index is 0.124. The zero-order chi connectivity index (χ0) is 14.7. The molecule has 2 rings (SSSR count). The highest BCUT2D eigenvalue weighted by Gasteiger charge is 2.17. The summed E-state index contributed by atoms with van der Waals surface area (Å²) in [6.07, 6.45) is 2.10. The molecular weight excluding hydrogens is 250 g/mol. The molecule has 4 nitrogen and oxygen atoms in total. The first kappa shape index (κ1) is 14.6. The van der Waals surface area contributed by atoms with Crippen molar-refractivity contribution < 1.29 is 4.74 Å². The van der Waals surface area contributed by atoms with Crippen LogP contribution in [0.5, 0.6) is 5.75 Å². The van der Waals surface area contributed by atoms with E-state index in [0.717, 1.165) is 5.75 Å². The molecule has 0 fully saturated rings. The van der Waals surface area contributed by atoms with Gasteiger partial charge in [-0.15, -0.1) is 0 Å². The third-order valence-corrected chi connectivity index (χ3v) is 3.44. The second-order valence-corrected chi connectivity index (χ2v) is 5.27. The van der Waals surface area contributed by atoms with Crippen LogP contribution in [0.25, 0.3) is 0 Å². The quantitative estimate of drug-likeness (QED) is 0.910. The lowest BCUT2D eigenvalue weighted by Crippen LogP contribution is -2.18. The molecule has 0 amide bonds. The fraction of sp³-hybridized carbons (Fsp3) is 0.438. The van der Waals surface area contributed by atoms with Crippen molar-refractivity contribution in [3.05, 3.63) is 47.3 Å². The summed E-state index contributed by atoms with van der Waals surface area (Å²) in [7, 11) is 3.93. The van der Waals surface area contributed by atoms with E-state index in [0.29, 0.717) is 0 Å². The second-order valence-electron chi connectivity index (χ2n) is 5.27. The van der Waals surface area contributed by atoms with Crippen LogP contribution >= 0.6 is 0 Å². The average molecular weight is 273 g/mol. The van der Waals surface area contributed by atoms with E-state index in [4.69, 9.17) is 4.74 Å². The van der Waals surface area contributed by atoms with E-state index in [1.54, 1.807) is 0 Å². The first-order chi connectivity index (χ1) is 9.52. The lowest BCUT2D eigenvalue weighted by atomic mass is 9.99. The molecule has 1 atom stereocenters. The number of aryl methyl sites for hydroxylation is 1. The zero-order valence-electron chi connectivity index (χ0n) is 12.8. The maximum Gasteiger partial charge on any atom is 0.120 e. The molecule has 0 aliphatic heterocycles. The molecule has 1 aromatic carbocycles. The molecule has 0 bridgehead atoms. The van der Waals surface area contributed by atoms with Crippen molar-refractivity contribution in [3.8, 4) is 5.75 Å². The van der Waals surface area contributed by atoms with Crippen LogP contribution in [0.2, 0.25) is 0 Å². The molecule has 1 N–H and O–H groups in total. The first-order valence-corrected chi connectivity index (χ1v) is 6.95. The smallest absolute Gasteiger partial charge is 0.120 e. The lowest BCUT2D eigenvalue weighted by molar-refractivity contribution is 0.242. The molecule has 0 radical (unpaired) electrons. The Labute approximate surface area is 120 Å². The van der Waals surface area contributed by atoms with E-state index in [2.05, 4.69) is 29.5 Å². The van der Waals surface area contributed by atoms with E-state index in [1.165, 1.54) is 16.8 Å². The van der Waals surface area contributed by atoms with Crippen LogP contribution in [0.15, 0.2) is 30.5 Å². The summed E-state index contributed by atoms with van der Waals surface area (Å²) in [5.74, 6) is 0.902. The number of hydrogen-bond acceptors (Lipinski definition) is 3. The molecule has 2 aromatic rings. The predicted molar refractivity (Wildman–Crippen MR) is 81.1 cm³/mol. The van der Waals surface area contributed by atoms with Crippen LogP contribution < -0.4 is 10.1 Å². The highest BCUT2D eigenvalue weighted by molar-refractivity contribution is 5.37. The summed E-state index contributed by atoms with van der Waals surface area (Å²) in [5.41, 5.74) is 3.54. The van der Waals surface area contributed by atoms with Crippen LogP contribution in [0.3, 0.4) is 0 Å². The maximum absolute atomic E-state index is 5.77. The van der Waals surface area contributed by atoms with Crippen molar-refractivity contribution >= 4 is 0 Å². The van der Waals surface area contributed by atoms with Crippen LogP contribution in [-0.4, -0.2) is 22.9 Å². The van der Waals surface area contributed by atoms with Crippen LogP contribution in [0.4, 0.5) is 0 Å². The molecule has 0 aliphatic rings. The normalized spacial score (nSPS) is 12.7. The third-order valence-electron chi connectivity index (χ3n) is 3.44. The van der Waals surface area contributed by atoms with Gasteiger partial charge in [0.2, 0.25) is 0 Å². The van der Waals surface area contributed by atoms with Gasteiger partial charge in [-0.3, -0.25) is 4.68 Å². The minimum Gasteiger partial charge on any atom is -0.491 e. The van der Waals surface area contributed by atoms with Crippen molar-refractivity contribution in [2.75, 3.05) is 7.05 Å². The Morgan fingerprint density at radius 1 is 1.30 bits per heavy atom. The monoisotopic (exact) mass is 273 g/mol. The Bertz CT molecular complexity index is 575. The Hall–Kier alpha value is -1.81. The largest absolute Gasteiger partial charge is 0.491 e. The topological polar surface area (TPSA) is 39.1 Å². The standard InChI is InChI=1S/C16H23N3O/c1-11(2)20-14-8-6-7-13(9-14)16(17-4)15-10-18-19(5)12(15)3/h6-11,16-17H,1-5H3. The lowest BCUT2D eigenvalue weighted by Gasteiger charge is -2.18. The number of nitrogens with zero attached hydrogens (tertiary/aromatic N) is 2. The fourth-order valence-corrected chi connectivity index (χ4v) is 2.34. The molecule has 0 aliphatic carbocycles. The molecule has 1 aromatic heterocycles. The fourth-order valence-electron chi connectivity index (χ4n) is 2.34. The number of aromatic nitrogens is 2. The van der Waals surface area contributed by atoms with E-state index < -0.39 is 0 Å². The van der Waals surface area contributed by atoms with Gasteiger partial charge in [0, 0.05) is 18.3 Å². The van der Waals surface area contributed by atoms with E-state index in [9.17, 15) is 0 Å². The number of rotatable bonds is 5. The summed E-state index contributed by atoms with van der Waals surface area (Å²) in [6.45, 7) is 6.15. The molecular formula is C16H23N3O.